The second-order valence-corrected chi connectivity index (χ2v) is 8.42. The number of hydrogen-bond donors (Lipinski definition) is 2. The van der Waals surface area contributed by atoms with Crippen LogP contribution in [0.4, 0.5) is 10.1 Å². The predicted octanol–water partition coefficient (Wildman–Crippen LogP) is 1.40. The fourth-order valence-electron chi connectivity index (χ4n) is 3.24. The maximum absolute atomic E-state index is 13.2. The zero-order valence-corrected chi connectivity index (χ0v) is 16.0. The summed E-state index contributed by atoms with van der Waals surface area (Å²) < 4.78 is 41.3. The van der Waals surface area contributed by atoms with Gasteiger partial charge < -0.3 is 5.32 Å². The molecule has 1 amide bonds. The molecule has 0 unspecified atom stereocenters. The molecular formula is C19H17FN4O4S. The fraction of sp³-hybridized carbons (Fsp3) is 0.211. The highest BCUT2D eigenvalue weighted by Crippen LogP contribution is 2.18. The molecule has 0 saturated heterocycles. The molecule has 0 bridgehead atoms. The first kappa shape index (κ1) is 19.2. The third-order valence-corrected chi connectivity index (χ3v) is 6.03. The Hall–Kier alpha value is -3.11. The van der Waals surface area contributed by atoms with Gasteiger partial charge in [-0.25, -0.2) is 22.5 Å². The predicted molar refractivity (Wildman–Crippen MR) is 105 cm³/mol. The molecule has 1 aliphatic heterocycles. The molecular weight excluding hydrogens is 399 g/mol. The summed E-state index contributed by atoms with van der Waals surface area (Å²) in [6, 6.07) is 9.22. The number of fused-ring (bicyclic) bond motifs is 2. The molecule has 2 heterocycles. The van der Waals surface area contributed by atoms with Crippen molar-refractivity contribution in [2.45, 2.75) is 24.3 Å². The van der Waals surface area contributed by atoms with Crippen molar-refractivity contribution in [3.63, 3.8) is 0 Å². The Balaban J connectivity index is 1.48. The molecule has 1 aliphatic rings. The van der Waals surface area contributed by atoms with Crippen LogP contribution in [0.5, 0.6) is 0 Å². The number of halogens is 1. The van der Waals surface area contributed by atoms with E-state index in [1.807, 2.05) is 0 Å². The first-order chi connectivity index (χ1) is 13.8. The van der Waals surface area contributed by atoms with E-state index < -0.39 is 28.3 Å². The molecule has 2 aromatic carbocycles. The van der Waals surface area contributed by atoms with Gasteiger partial charge >= 0.3 is 0 Å². The number of hydrogen-bond acceptors (Lipinski definition) is 5. The second kappa shape index (κ2) is 7.37. The Bertz CT molecular complexity index is 1290. The Morgan fingerprint density at radius 2 is 2.03 bits per heavy atom. The van der Waals surface area contributed by atoms with Gasteiger partial charge in [-0.05, 0) is 42.8 Å². The summed E-state index contributed by atoms with van der Waals surface area (Å²) in [5.74, 6) is -0.584. The highest BCUT2D eigenvalue weighted by Gasteiger charge is 2.18. The van der Waals surface area contributed by atoms with Crippen molar-refractivity contribution >= 4 is 32.5 Å². The Morgan fingerprint density at radius 1 is 1.21 bits per heavy atom. The number of nitrogens with zero attached hydrogens (tertiary/aromatic N) is 2. The van der Waals surface area contributed by atoms with E-state index in [4.69, 9.17) is 0 Å². The van der Waals surface area contributed by atoms with Gasteiger partial charge in [0.15, 0.2) is 0 Å². The highest BCUT2D eigenvalue weighted by atomic mass is 32.2. The van der Waals surface area contributed by atoms with E-state index in [1.54, 1.807) is 22.8 Å². The van der Waals surface area contributed by atoms with Crippen LogP contribution in [-0.4, -0.2) is 30.4 Å². The number of sulfonamides is 1. The van der Waals surface area contributed by atoms with E-state index in [0.29, 0.717) is 29.0 Å². The van der Waals surface area contributed by atoms with Crippen molar-refractivity contribution in [3.8, 4) is 0 Å². The van der Waals surface area contributed by atoms with E-state index in [2.05, 4.69) is 15.0 Å². The molecule has 10 heteroatoms. The summed E-state index contributed by atoms with van der Waals surface area (Å²) in [4.78, 5) is 28.8. The fourth-order valence-corrected chi connectivity index (χ4v) is 4.26. The van der Waals surface area contributed by atoms with Gasteiger partial charge in [-0.15, -0.1) is 0 Å². The molecule has 0 saturated carbocycles. The van der Waals surface area contributed by atoms with Crippen molar-refractivity contribution < 1.29 is 17.6 Å². The van der Waals surface area contributed by atoms with Gasteiger partial charge in [0.2, 0.25) is 15.9 Å². The maximum atomic E-state index is 13.2. The quantitative estimate of drug-likeness (QED) is 0.653. The number of nitrogens with one attached hydrogen (secondary N) is 2. The monoisotopic (exact) mass is 416 g/mol. The first-order valence-corrected chi connectivity index (χ1v) is 10.4. The van der Waals surface area contributed by atoms with Crippen molar-refractivity contribution in [1.82, 2.24) is 14.3 Å². The number of benzene rings is 2. The van der Waals surface area contributed by atoms with Crippen LogP contribution in [-0.2, 0) is 27.8 Å². The van der Waals surface area contributed by atoms with Crippen LogP contribution < -0.4 is 15.6 Å². The molecule has 8 nitrogen and oxygen atoms in total. The zero-order valence-electron chi connectivity index (χ0n) is 15.2. The number of carbonyl (C=O) groups excluding carboxylic acids is 1. The summed E-state index contributed by atoms with van der Waals surface area (Å²) in [6.45, 7) is 0.123. The van der Waals surface area contributed by atoms with Gasteiger partial charge in [0.25, 0.3) is 5.56 Å². The summed E-state index contributed by atoms with van der Waals surface area (Å²) in [5.41, 5.74) is 0.756. The summed E-state index contributed by atoms with van der Waals surface area (Å²) in [7, 11) is -4.02. The van der Waals surface area contributed by atoms with E-state index >= 15 is 0 Å². The topological polar surface area (TPSA) is 110 Å². The summed E-state index contributed by atoms with van der Waals surface area (Å²) >= 11 is 0. The maximum Gasteiger partial charge on any atom is 0.261 e. The molecule has 150 valence electrons. The molecule has 0 radical (unpaired) electrons. The largest absolute Gasteiger partial charge is 0.325 e. The number of anilines is 1. The van der Waals surface area contributed by atoms with Crippen LogP contribution in [0, 0.1) is 5.82 Å². The lowest BCUT2D eigenvalue weighted by Crippen LogP contribution is -2.33. The smallest absolute Gasteiger partial charge is 0.261 e. The van der Waals surface area contributed by atoms with Crippen molar-refractivity contribution in [3.05, 3.63) is 64.5 Å². The van der Waals surface area contributed by atoms with Gasteiger partial charge in [-0.1, -0.05) is 6.07 Å². The third kappa shape index (κ3) is 3.89. The number of amides is 1. The Kier molecular flexibility index (Phi) is 4.89. The van der Waals surface area contributed by atoms with Gasteiger partial charge in [0.1, 0.15) is 11.6 Å². The lowest BCUT2D eigenvalue weighted by Gasteiger charge is -2.09. The number of carbonyl (C=O) groups is 1. The van der Waals surface area contributed by atoms with Crippen molar-refractivity contribution in [2.75, 3.05) is 11.9 Å². The standard InChI is InChI=1S/C19H17FN4O4S/c20-12-3-1-4-14(9-12)29(27,28)21-11-18(25)22-13-6-7-15-16(10-13)23-17-5-2-8-24(17)19(15)26/h1,3-4,6-7,9-10,21H,2,5,8,11H2,(H,22,25). The van der Waals surface area contributed by atoms with Gasteiger partial charge in [-0.3, -0.25) is 14.2 Å². The molecule has 0 aliphatic carbocycles. The molecule has 0 fully saturated rings. The molecule has 0 atom stereocenters. The molecule has 0 spiro atoms. The van der Waals surface area contributed by atoms with Gasteiger partial charge in [0, 0.05) is 18.7 Å². The minimum Gasteiger partial charge on any atom is -0.325 e. The average molecular weight is 416 g/mol. The van der Waals surface area contributed by atoms with Crippen molar-refractivity contribution in [2.24, 2.45) is 0 Å². The Morgan fingerprint density at radius 3 is 2.83 bits per heavy atom. The van der Waals surface area contributed by atoms with Crippen LogP contribution in [0.2, 0.25) is 0 Å². The lowest BCUT2D eigenvalue weighted by molar-refractivity contribution is -0.115. The van der Waals surface area contributed by atoms with Crippen LogP contribution in [0.3, 0.4) is 0 Å². The Labute approximate surface area is 165 Å². The van der Waals surface area contributed by atoms with E-state index in [1.165, 1.54) is 12.1 Å². The first-order valence-electron chi connectivity index (χ1n) is 8.92. The zero-order chi connectivity index (χ0) is 20.6. The highest BCUT2D eigenvalue weighted by molar-refractivity contribution is 7.89. The third-order valence-electron chi connectivity index (χ3n) is 4.63. The summed E-state index contributed by atoms with van der Waals surface area (Å²) in [5, 5.41) is 3.03. The number of aromatic nitrogens is 2. The molecule has 3 aromatic rings. The van der Waals surface area contributed by atoms with Crippen LogP contribution >= 0.6 is 0 Å². The minimum absolute atomic E-state index is 0.108. The molecule has 4 rings (SSSR count). The minimum atomic E-state index is -4.02. The van der Waals surface area contributed by atoms with Crippen molar-refractivity contribution in [1.29, 1.82) is 0 Å². The molecule has 1 aromatic heterocycles. The van der Waals surface area contributed by atoms with Crippen LogP contribution in [0.1, 0.15) is 12.2 Å². The van der Waals surface area contributed by atoms with E-state index in [-0.39, 0.29) is 10.5 Å². The second-order valence-electron chi connectivity index (χ2n) is 6.65. The van der Waals surface area contributed by atoms with Crippen LogP contribution in [0.25, 0.3) is 10.9 Å². The lowest BCUT2D eigenvalue weighted by atomic mass is 10.2. The summed E-state index contributed by atoms with van der Waals surface area (Å²) in [6.07, 6.45) is 1.59. The average Bonchev–Trinajstić information content (AvgIpc) is 3.15. The van der Waals surface area contributed by atoms with Gasteiger partial charge in [0.05, 0.1) is 22.3 Å². The number of aryl methyl sites for hydroxylation is 1. The van der Waals surface area contributed by atoms with E-state index in [9.17, 15) is 22.4 Å². The number of rotatable bonds is 5. The SMILES string of the molecule is O=C(CNS(=O)(=O)c1cccc(F)c1)Nc1ccc2c(=O)n3c(nc2c1)CCC3. The normalized spacial score (nSPS) is 13.4. The molecule has 29 heavy (non-hydrogen) atoms. The van der Waals surface area contributed by atoms with E-state index in [0.717, 1.165) is 25.0 Å². The van der Waals surface area contributed by atoms with Crippen LogP contribution in [0.15, 0.2) is 52.2 Å². The van der Waals surface area contributed by atoms with Gasteiger partial charge in [-0.2, -0.15) is 0 Å². The molecule has 2 N–H and O–H groups in total.